The molecule has 0 fully saturated rings. The van der Waals surface area contributed by atoms with Gasteiger partial charge in [0.05, 0.1) is 46.5 Å². The first-order valence-corrected chi connectivity index (χ1v) is 12.6. The average molecular weight is 541 g/mol. The summed E-state index contributed by atoms with van der Waals surface area (Å²) >= 11 is 0. The summed E-state index contributed by atoms with van der Waals surface area (Å²) in [4.78, 5) is 0. The Kier molecular flexibility index (Phi) is 9.39. The van der Waals surface area contributed by atoms with Gasteiger partial charge in [0.25, 0.3) is 0 Å². The van der Waals surface area contributed by atoms with Gasteiger partial charge >= 0.3 is 0 Å². The van der Waals surface area contributed by atoms with Crippen molar-refractivity contribution >= 4 is 0 Å². The predicted molar refractivity (Wildman–Crippen MR) is 149 cm³/mol. The first-order valence-electron chi connectivity index (χ1n) is 12.6. The summed E-state index contributed by atoms with van der Waals surface area (Å²) in [6.45, 7) is 0.507. The molecule has 0 aromatic heterocycles. The van der Waals surface area contributed by atoms with Gasteiger partial charge in [0.2, 0.25) is 0 Å². The summed E-state index contributed by atoms with van der Waals surface area (Å²) in [5, 5.41) is 36.5. The van der Waals surface area contributed by atoms with E-state index in [-0.39, 0.29) is 26.4 Å². The molecule has 0 spiro atoms. The number of hydrogen-bond donors (Lipinski definition) is 0. The average Bonchev–Trinajstić information content (AvgIpc) is 3.05. The second-order valence-corrected chi connectivity index (χ2v) is 9.20. The van der Waals surface area contributed by atoms with Crippen molar-refractivity contribution < 1.29 is 18.9 Å². The van der Waals surface area contributed by atoms with Crippen LogP contribution < -0.4 is 18.9 Å². The van der Waals surface area contributed by atoms with E-state index < -0.39 is 5.41 Å². The molecule has 0 amide bonds. The smallest absolute Gasteiger partial charge is 0.119 e. The maximum absolute atomic E-state index is 9.13. The standard InChI is InChI=1S/C33H24N4O4/c34-17-25-1-9-29(10-2-25)38-21-33(22-39-30-11-3-26(18-35)4-12-30,23-40-31-13-5-27(19-36)6-14-31)24-41-32-15-7-28(20-37)8-16-32/h1-16H,21-24H2. The van der Waals surface area contributed by atoms with Gasteiger partial charge in [0, 0.05) is 0 Å². The van der Waals surface area contributed by atoms with Crippen LogP contribution in [-0.2, 0) is 0 Å². The topological polar surface area (TPSA) is 132 Å². The third kappa shape index (κ3) is 8.01. The van der Waals surface area contributed by atoms with Crippen molar-refractivity contribution in [3.63, 3.8) is 0 Å². The fraction of sp³-hybridized carbons (Fsp3) is 0.152. The van der Waals surface area contributed by atoms with E-state index in [1.165, 1.54) is 0 Å². The van der Waals surface area contributed by atoms with Crippen LogP contribution in [0.4, 0.5) is 0 Å². The van der Waals surface area contributed by atoms with Gasteiger partial charge < -0.3 is 18.9 Å². The first-order chi connectivity index (χ1) is 20.0. The van der Waals surface area contributed by atoms with Crippen LogP contribution >= 0.6 is 0 Å². The molecule has 4 aromatic carbocycles. The number of benzene rings is 4. The first kappa shape index (κ1) is 28.1. The van der Waals surface area contributed by atoms with Crippen molar-refractivity contribution in [3.8, 4) is 47.3 Å². The van der Waals surface area contributed by atoms with Crippen LogP contribution in [0.15, 0.2) is 97.1 Å². The quantitative estimate of drug-likeness (QED) is 0.221. The van der Waals surface area contributed by atoms with E-state index >= 15 is 0 Å². The third-order valence-corrected chi connectivity index (χ3v) is 6.11. The number of hydrogen-bond acceptors (Lipinski definition) is 8. The Hall–Kier alpha value is -5.96. The molecule has 0 unspecified atom stereocenters. The molecule has 200 valence electrons. The summed E-state index contributed by atoms with van der Waals surface area (Å²) in [5.74, 6) is 2.24. The lowest BCUT2D eigenvalue weighted by Gasteiger charge is -2.33. The van der Waals surface area contributed by atoms with E-state index in [1.807, 2.05) is 0 Å². The van der Waals surface area contributed by atoms with E-state index in [4.69, 9.17) is 40.0 Å². The molecule has 0 saturated heterocycles. The van der Waals surface area contributed by atoms with Crippen LogP contribution in [0.5, 0.6) is 23.0 Å². The minimum atomic E-state index is -0.858. The molecule has 0 aliphatic rings. The van der Waals surface area contributed by atoms with Crippen molar-refractivity contribution in [2.45, 2.75) is 0 Å². The van der Waals surface area contributed by atoms with Crippen LogP contribution in [0.3, 0.4) is 0 Å². The lowest BCUT2D eigenvalue weighted by Crippen LogP contribution is -2.45. The van der Waals surface area contributed by atoms with Crippen LogP contribution in [0.25, 0.3) is 0 Å². The lowest BCUT2D eigenvalue weighted by molar-refractivity contribution is -0.00352. The van der Waals surface area contributed by atoms with Gasteiger partial charge in [-0.3, -0.25) is 0 Å². The van der Waals surface area contributed by atoms with Gasteiger partial charge in [-0.1, -0.05) is 0 Å². The number of nitriles is 4. The molecule has 4 aromatic rings. The van der Waals surface area contributed by atoms with Gasteiger partial charge in [-0.15, -0.1) is 0 Å². The minimum Gasteiger partial charge on any atom is -0.493 e. The van der Waals surface area contributed by atoms with Crippen LogP contribution in [0, 0.1) is 50.7 Å². The summed E-state index contributed by atoms with van der Waals surface area (Å²) in [7, 11) is 0. The molecular formula is C33H24N4O4. The second-order valence-electron chi connectivity index (χ2n) is 9.20. The predicted octanol–water partition coefficient (Wildman–Crippen LogP) is 5.78. The van der Waals surface area contributed by atoms with Gasteiger partial charge in [-0.05, 0) is 97.1 Å². The summed E-state index contributed by atoms with van der Waals surface area (Å²) in [6, 6.07) is 35.5. The number of rotatable bonds is 12. The number of nitrogens with zero attached hydrogens (tertiary/aromatic N) is 4. The summed E-state index contributed by atoms with van der Waals surface area (Å²) in [6.07, 6.45) is 0. The molecule has 4 rings (SSSR count). The molecule has 0 saturated carbocycles. The second kappa shape index (κ2) is 13.7. The Morgan fingerprint density at radius 1 is 0.366 bits per heavy atom. The maximum atomic E-state index is 9.13. The van der Waals surface area contributed by atoms with Gasteiger partial charge in [0.1, 0.15) is 54.8 Å². The summed E-state index contributed by atoms with van der Waals surface area (Å²) in [5.41, 5.74) is 1.20. The van der Waals surface area contributed by atoms with Gasteiger partial charge in [-0.2, -0.15) is 21.0 Å². The fourth-order valence-electron chi connectivity index (χ4n) is 3.70. The zero-order valence-corrected chi connectivity index (χ0v) is 22.0. The highest BCUT2D eigenvalue weighted by molar-refractivity contribution is 5.37. The maximum Gasteiger partial charge on any atom is 0.119 e. The molecule has 0 aliphatic carbocycles. The Morgan fingerprint density at radius 2 is 0.561 bits per heavy atom. The van der Waals surface area contributed by atoms with Crippen molar-refractivity contribution in [2.75, 3.05) is 26.4 Å². The SMILES string of the molecule is N#Cc1ccc(OCC(COc2ccc(C#N)cc2)(COc2ccc(C#N)cc2)COc2ccc(C#N)cc2)cc1. The highest BCUT2D eigenvalue weighted by atomic mass is 16.5. The van der Waals surface area contributed by atoms with Crippen LogP contribution in [-0.4, -0.2) is 26.4 Å². The number of ether oxygens (including phenoxy) is 4. The third-order valence-electron chi connectivity index (χ3n) is 6.11. The highest BCUT2D eigenvalue weighted by Gasteiger charge is 2.36. The molecular weight excluding hydrogens is 516 g/mol. The molecule has 0 atom stereocenters. The minimum absolute atomic E-state index is 0.127. The van der Waals surface area contributed by atoms with Gasteiger partial charge in [0.15, 0.2) is 0 Å². The molecule has 8 nitrogen and oxygen atoms in total. The molecule has 41 heavy (non-hydrogen) atoms. The largest absolute Gasteiger partial charge is 0.493 e. The van der Waals surface area contributed by atoms with E-state index in [1.54, 1.807) is 97.1 Å². The Balaban J connectivity index is 1.61. The van der Waals surface area contributed by atoms with Crippen molar-refractivity contribution in [1.29, 1.82) is 21.0 Å². The molecule has 0 heterocycles. The van der Waals surface area contributed by atoms with Gasteiger partial charge in [-0.25, -0.2) is 0 Å². The van der Waals surface area contributed by atoms with Crippen molar-refractivity contribution in [3.05, 3.63) is 119 Å². The zero-order chi connectivity index (χ0) is 28.9. The normalized spacial score (nSPS) is 10.2. The monoisotopic (exact) mass is 540 g/mol. The molecule has 0 N–H and O–H groups in total. The van der Waals surface area contributed by atoms with Crippen molar-refractivity contribution in [2.24, 2.45) is 5.41 Å². The zero-order valence-electron chi connectivity index (χ0n) is 22.0. The Morgan fingerprint density at radius 3 is 0.732 bits per heavy atom. The molecule has 8 heteroatoms. The molecule has 0 bridgehead atoms. The van der Waals surface area contributed by atoms with E-state index in [9.17, 15) is 0 Å². The van der Waals surface area contributed by atoms with E-state index in [0.29, 0.717) is 45.3 Å². The van der Waals surface area contributed by atoms with E-state index in [2.05, 4.69) is 24.3 Å². The Bertz CT molecular complexity index is 1350. The Labute approximate surface area is 238 Å². The molecule has 0 radical (unpaired) electrons. The van der Waals surface area contributed by atoms with Crippen LogP contribution in [0.2, 0.25) is 0 Å². The van der Waals surface area contributed by atoms with E-state index in [0.717, 1.165) is 0 Å². The molecule has 0 aliphatic heterocycles. The fourth-order valence-corrected chi connectivity index (χ4v) is 3.70. The highest BCUT2D eigenvalue weighted by Crippen LogP contribution is 2.27. The summed E-state index contributed by atoms with van der Waals surface area (Å²) < 4.78 is 24.7. The van der Waals surface area contributed by atoms with Crippen LogP contribution in [0.1, 0.15) is 22.3 Å². The lowest BCUT2D eigenvalue weighted by atomic mass is 9.92. The van der Waals surface area contributed by atoms with Crippen molar-refractivity contribution in [1.82, 2.24) is 0 Å².